The van der Waals surface area contributed by atoms with Gasteiger partial charge in [0.05, 0.1) is 7.11 Å². The number of guanidine groups is 1. The van der Waals surface area contributed by atoms with E-state index in [1.54, 1.807) is 7.11 Å². The molecule has 4 nitrogen and oxygen atoms in total. The van der Waals surface area contributed by atoms with E-state index in [4.69, 9.17) is 4.74 Å². The van der Waals surface area contributed by atoms with Crippen LogP contribution in [0.3, 0.4) is 0 Å². The minimum atomic E-state index is 0. The average Bonchev–Trinajstić information content (AvgIpc) is 2.69. The number of aryl methyl sites for hydroxylation is 1. The Kier molecular flexibility index (Phi) is 7.44. The summed E-state index contributed by atoms with van der Waals surface area (Å²) in [7, 11) is 1.72. The highest BCUT2D eigenvalue weighted by Gasteiger charge is 2.03. The topological polar surface area (TPSA) is 45.6 Å². The van der Waals surface area contributed by atoms with Gasteiger partial charge < -0.3 is 15.4 Å². The number of aliphatic imine (C=N–C) groups is 1. The summed E-state index contributed by atoms with van der Waals surface area (Å²) in [5, 5.41) is 6.67. The van der Waals surface area contributed by atoms with Crippen LogP contribution in [0, 0.1) is 6.92 Å². The van der Waals surface area contributed by atoms with Gasteiger partial charge in [-0.25, -0.2) is 0 Å². The van der Waals surface area contributed by atoms with Gasteiger partial charge in [0.25, 0.3) is 0 Å². The van der Waals surface area contributed by atoms with Crippen molar-refractivity contribution in [1.29, 1.82) is 0 Å². The third-order valence-corrected chi connectivity index (χ3v) is 3.33. The van der Waals surface area contributed by atoms with E-state index in [1.165, 1.54) is 24.0 Å². The molecule has 0 atom stereocenters. The quantitative estimate of drug-likeness (QED) is 0.884. The van der Waals surface area contributed by atoms with E-state index in [1.807, 2.05) is 0 Å². The maximum atomic E-state index is 5.34. The number of benzene rings is 1. The van der Waals surface area contributed by atoms with Crippen LogP contribution in [0.5, 0.6) is 5.75 Å². The monoisotopic (exact) mass is 341 g/mol. The van der Waals surface area contributed by atoms with E-state index in [2.05, 4.69) is 40.7 Å². The second kappa shape index (κ2) is 8.84. The predicted molar refractivity (Wildman–Crippen MR) is 89.3 cm³/mol. The molecule has 2 rings (SSSR count). The Morgan fingerprint density at radius 3 is 3.00 bits per heavy atom. The summed E-state index contributed by atoms with van der Waals surface area (Å²) in [6.45, 7) is 4.89. The SMILES string of the molecule is Br.COc1cc(CCNC2=NCCCCN2)ccc1C. The highest BCUT2D eigenvalue weighted by molar-refractivity contribution is 8.93. The minimum absolute atomic E-state index is 0. The average molecular weight is 342 g/mol. The van der Waals surface area contributed by atoms with Crippen molar-refractivity contribution in [2.75, 3.05) is 26.7 Å². The van der Waals surface area contributed by atoms with Gasteiger partial charge in [0.1, 0.15) is 5.75 Å². The first-order valence-electron chi connectivity index (χ1n) is 6.95. The zero-order chi connectivity index (χ0) is 13.5. The number of methoxy groups -OCH3 is 1. The fourth-order valence-corrected chi connectivity index (χ4v) is 2.15. The van der Waals surface area contributed by atoms with Crippen molar-refractivity contribution >= 4 is 22.9 Å². The van der Waals surface area contributed by atoms with E-state index in [0.29, 0.717) is 0 Å². The lowest BCUT2D eigenvalue weighted by Crippen LogP contribution is -2.38. The highest BCUT2D eigenvalue weighted by atomic mass is 79.9. The van der Waals surface area contributed by atoms with E-state index in [9.17, 15) is 0 Å². The molecule has 1 aromatic rings. The first-order valence-corrected chi connectivity index (χ1v) is 6.95. The van der Waals surface area contributed by atoms with Crippen molar-refractivity contribution in [3.8, 4) is 5.75 Å². The third kappa shape index (κ3) is 5.04. The normalized spacial score (nSPS) is 14.4. The standard InChI is InChI=1S/C15H23N3O.BrH/c1-12-5-6-13(11-14(12)19-2)7-10-18-15-16-8-3-4-9-17-15;/h5-6,11H,3-4,7-10H2,1-2H3,(H2,16,17,18);1H. The minimum Gasteiger partial charge on any atom is -0.496 e. The Bertz CT molecular complexity index is 449. The molecule has 0 spiro atoms. The first kappa shape index (κ1) is 16.8. The summed E-state index contributed by atoms with van der Waals surface area (Å²) >= 11 is 0. The molecule has 20 heavy (non-hydrogen) atoms. The van der Waals surface area contributed by atoms with Gasteiger partial charge in [0.15, 0.2) is 5.96 Å². The van der Waals surface area contributed by atoms with Crippen LogP contribution in [0.25, 0.3) is 0 Å². The largest absolute Gasteiger partial charge is 0.496 e. The van der Waals surface area contributed by atoms with E-state index in [0.717, 1.165) is 37.8 Å². The lowest BCUT2D eigenvalue weighted by Gasteiger charge is -2.11. The lowest BCUT2D eigenvalue weighted by molar-refractivity contribution is 0.411. The molecular formula is C15H24BrN3O. The van der Waals surface area contributed by atoms with Gasteiger partial charge in [-0.2, -0.15) is 0 Å². The number of hydrogen-bond acceptors (Lipinski definition) is 4. The molecule has 0 amide bonds. The number of hydrogen-bond donors (Lipinski definition) is 2. The lowest BCUT2D eigenvalue weighted by atomic mass is 10.1. The summed E-state index contributed by atoms with van der Waals surface area (Å²) in [4.78, 5) is 4.47. The molecule has 0 aromatic heterocycles. The van der Waals surface area contributed by atoms with Gasteiger partial charge in [0, 0.05) is 19.6 Å². The van der Waals surface area contributed by atoms with Crippen LogP contribution >= 0.6 is 17.0 Å². The van der Waals surface area contributed by atoms with Crippen LogP contribution in [0.1, 0.15) is 24.0 Å². The number of nitrogens with one attached hydrogen (secondary N) is 2. The number of rotatable bonds is 4. The third-order valence-electron chi connectivity index (χ3n) is 3.33. The molecule has 1 aromatic carbocycles. The number of halogens is 1. The van der Waals surface area contributed by atoms with Crippen molar-refractivity contribution in [3.05, 3.63) is 29.3 Å². The van der Waals surface area contributed by atoms with Gasteiger partial charge in [-0.05, 0) is 43.4 Å². The van der Waals surface area contributed by atoms with Crippen molar-refractivity contribution in [1.82, 2.24) is 10.6 Å². The van der Waals surface area contributed by atoms with Crippen LogP contribution < -0.4 is 15.4 Å². The fraction of sp³-hybridized carbons (Fsp3) is 0.533. The van der Waals surface area contributed by atoms with E-state index in [-0.39, 0.29) is 17.0 Å². The van der Waals surface area contributed by atoms with Crippen LogP contribution in [-0.4, -0.2) is 32.7 Å². The van der Waals surface area contributed by atoms with Crippen LogP contribution in [-0.2, 0) is 6.42 Å². The Morgan fingerprint density at radius 1 is 1.35 bits per heavy atom. The zero-order valence-electron chi connectivity index (χ0n) is 12.2. The molecule has 0 unspecified atom stereocenters. The first-order chi connectivity index (χ1) is 9.29. The summed E-state index contributed by atoms with van der Waals surface area (Å²) in [6.07, 6.45) is 3.34. The molecule has 5 heteroatoms. The zero-order valence-corrected chi connectivity index (χ0v) is 14.0. The van der Waals surface area contributed by atoms with Gasteiger partial charge in [-0.1, -0.05) is 12.1 Å². The Balaban J connectivity index is 0.00000200. The molecule has 0 bridgehead atoms. The molecule has 1 aliphatic rings. The molecule has 0 saturated heterocycles. The Labute approximate surface area is 131 Å². The molecular weight excluding hydrogens is 318 g/mol. The van der Waals surface area contributed by atoms with Crippen LogP contribution in [0.4, 0.5) is 0 Å². The summed E-state index contributed by atoms with van der Waals surface area (Å²) < 4.78 is 5.34. The smallest absolute Gasteiger partial charge is 0.191 e. The molecule has 0 fully saturated rings. The maximum Gasteiger partial charge on any atom is 0.191 e. The predicted octanol–water partition coefficient (Wildman–Crippen LogP) is 2.45. The van der Waals surface area contributed by atoms with Gasteiger partial charge in [-0.15, -0.1) is 17.0 Å². The molecule has 1 heterocycles. The van der Waals surface area contributed by atoms with Crippen LogP contribution in [0.15, 0.2) is 23.2 Å². The Morgan fingerprint density at radius 2 is 2.20 bits per heavy atom. The Hall–Kier alpha value is -1.23. The summed E-state index contributed by atoms with van der Waals surface area (Å²) in [5.41, 5.74) is 2.46. The van der Waals surface area contributed by atoms with Crippen molar-refractivity contribution in [2.24, 2.45) is 4.99 Å². The molecule has 1 aliphatic heterocycles. The molecule has 0 aliphatic carbocycles. The summed E-state index contributed by atoms with van der Waals surface area (Å²) in [5.74, 6) is 1.90. The van der Waals surface area contributed by atoms with Crippen molar-refractivity contribution in [2.45, 2.75) is 26.2 Å². The van der Waals surface area contributed by atoms with Gasteiger partial charge in [0.2, 0.25) is 0 Å². The highest BCUT2D eigenvalue weighted by Crippen LogP contribution is 2.18. The number of nitrogens with zero attached hydrogens (tertiary/aromatic N) is 1. The second-order valence-corrected chi connectivity index (χ2v) is 4.84. The second-order valence-electron chi connectivity index (χ2n) is 4.84. The van der Waals surface area contributed by atoms with E-state index >= 15 is 0 Å². The van der Waals surface area contributed by atoms with Crippen LogP contribution in [0.2, 0.25) is 0 Å². The molecule has 0 saturated carbocycles. The molecule has 112 valence electrons. The van der Waals surface area contributed by atoms with Gasteiger partial charge >= 0.3 is 0 Å². The van der Waals surface area contributed by atoms with Gasteiger partial charge in [-0.3, -0.25) is 4.99 Å². The molecule has 0 radical (unpaired) electrons. The van der Waals surface area contributed by atoms with E-state index < -0.39 is 0 Å². The molecule has 2 N–H and O–H groups in total. The maximum absolute atomic E-state index is 5.34. The fourth-order valence-electron chi connectivity index (χ4n) is 2.15. The van der Waals surface area contributed by atoms with Crippen molar-refractivity contribution < 1.29 is 4.74 Å². The summed E-state index contributed by atoms with van der Waals surface area (Å²) in [6, 6.07) is 6.37. The number of ether oxygens (including phenoxy) is 1. The van der Waals surface area contributed by atoms with Crippen molar-refractivity contribution in [3.63, 3.8) is 0 Å².